The van der Waals surface area contributed by atoms with Crippen LogP contribution in [0.15, 0.2) is 34.6 Å². The van der Waals surface area contributed by atoms with E-state index in [0.29, 0.717) is 18.0 Å². The smallest absolute Gasteiger partial charge is 0.316 e. The van der Waals surface area contributed by atoms with Gasteiger partial charge in [0.05, 0.1) is 37.1 Å². The average molecular weight is 814 g/mol. The van der Waals surface area contributed by atoms with Crippen molar-refractivity contribution in [3.63, 3.8) is 0 Å². The summed E-state index contributed by atoms with van der Waals surface area (Å²) in [5.74, 6) is -5.09. The monoisotopic (exact) mass is 813 g/mol. The van der Waals surface area contributed by atoms with Gasteiger partial charge in [-0.3, -0.25) is 14.4 Å². The molecule has 0 radical (unpaired) electrons. The number of anilines is 1. The highest BCUT2D eigenvalue weighted by atomic mass is 16.7. The Balaban J connectivity index is 1.66. The number of carbonyl (C=O) groups excluding carboxylic acids is 3. The van der Waals surface area contributed by atoms with Gasteiger partial charge < -0.3 is 49.4 Å². The number of hydrogen-bond donors (Lipinski definition) is 3. The number of esters is 1. The minimum absolute atomic E-state index is 0.109. The van der Waals surface area contributed by atoms with Gasteiger partial charge in [0.15, 0.2) is 12.1 Å². The number of rotatable bonds is 7. The molecule has 4 N–H and O–H groups in total. The summed E-state index contributed by atoms with van der Waals surface area (Å²) in [6, 6.07) is 3.16. The first-order chi connectivity index (χ1) is 27.3. The number of carbonyl (C=O) groups is 3. The van der Waals surface area contributed by atoms with Crippen LogP contribution in [0.5, 0.6) is 0 Å². The summed E-state index contributed by atoms with van der Waals surface area (Å²) in [4.78, 5) is 59.2. The van der Waals surface area contributed by atoms with Crippen LogP contribution < -0.4 is 5.73 Å². The Morgan fingerprint density at radius 1 is 1.07 bits per heavy atom. The highest BCUT2D eigenvalue weighted by molar-refractivity contribution is 6.01. The number of aliphatic imine (C=N–C) groups is 1. The van der Waals surface area contributed by atoms with Crippen molar-refractivity contribution in [2.24, 2.45) is 33.8 Å². The first-order valence-corrected chi connectivity index (χ1v) is 20.4. The zero-order valence-corrected chi connectivity index (χ0v) is 35.5. The van der Waals surface area contributed by atoms with Gasteiger partial charge >= 0.3 is 5.97 Å². The molecule has 4 bridgehead atoms. The Morgan fingerprint density at radius 2 is 1.79 bits per heavy atom. The lowest BCUT2D eigenvalue weighted by Crippen LogP contribution is -2.60. The number of ether oxygens (including phenoxy) is 5. The van der Waals surface area contributed by atoms with Crippen molar-refractivity contribution < 1.29 is 53.1 Å². The quantitative estimate of drug-likeness (QED) is 0.266. The molecule has 0 aromatic carbocycles. The minimum Gasteiger partial charge on any atom is -0.459 e. The van der Waals surface area contributed by atoms with E-state index in [-0.39, 0.29) is 50.3 Å². The van der Waals surface area contributed by atoms with Crippen molar-refractivity contribution in [2.45, 2.75) is 141 Å². The molecule has 1 unspecified atom stereocenters. The molecular weight excluding hydrogens is 750 g/mol. The number of ketones is 1. The first-order valence-electron chi connectivity index (χ1n) is 20.4. The van der Waals surface area contributed by atoms with Crippen molar-refractivity contribution in [3.05, 3.63) is 30.0 Å². The Kier molecular flexibility index (Phi) is 14.7. The minimum atomic E-state index is -1.83. The maximum atomic E-state index is 14.4. The number of nitrogens with two attached hydrogens (primary N) is 1. The highest BCUT2D eigenvalue weighted by Gasteiger charge is 2.53. The van der Waals surface area contributed by atoms with Gasteiger partial charge in [0.25, 0.3) is 5.91 Å². The van der Waals surface area contributed by atoms with Crippen molar-refractivity contribution in [3.8, 4) is 0 Å². The number of amides is 1. The number of nitrogens with zero attached hydrogens (tertiary/aromatic N) is 4. The molecule has 0 spiro atoms. The summed E-state index contributed by atoms with van der Waals surface area (Å²) in [5.41, 5.74) is 3.92. The van der Waals surface area contributed by atoms with E-state index in [1.807, 2.05) is 39.8 Å². The zero-order chi connectivity index (χ0) is 42.7. The third-order valence-electron chi connectivity index (χ3n) is 12.1. The summed E-state index contributed by atoms with van der Waals surface area (Å²) < 4.78 is 32.3. The molecule has 322 valence electrons. The number of aliphatic hydroxyl groups is 2. The predicted octanol–water partition coefficient (Wildman–Crippen LogP) is 3.36. The van der Waals surface area contributed by atoms with Crippen LogP contribution in [0.2, 0.25) is 0 Å². The molecular formula is C42H63N5O11. The van der Waals surface area contributed by atoms with Gasteiger partial charge in [-0.15, -0.1) is 0 Å². The highest BCUT2D eigenvalue weighted by Crippen LogP contribution is 2.40. The normalized spacial score (nSPS) is 40.5. The summed E-state index contributed by atoms with van der Waals surface area (Å²) >= 11 is 0. The molecule has 5 rings (SSSR count). The van der Waals surface area contributed by atoms with Gasteiger partial charge in [0.2, 0.25) is 6.10 Å². The molecule has 3 fully saturated rings. The fourth-order valence-corrected chi connectivity index (χ4v) is 8.79. The van der Waals surface area contributed by atoms with Crippen LogP contribution >= 0.6 is 0 Å². The molecule has 1 aromatic rings. The number of aromatic nitrogens is 1. The van der Waals surface area contributed by atoms with E-state index >= 15 is 0 Å². The molecule has 5 heterocycles. The number of pyridine rings is 1. The second-order valence-corrected chi connectivity index (χ2v) is 17.1. The number of oxime groups is 1. The number of fused-ring (bicyclic) bond motifs is 4. The van der Waals surface area contributed by atoms with Crippen LogP contribution in [0, 0.1) is 23.7 Å². The van der Waals surface area contributed by atoms with E-state index in [2.05, 4.69) is 10.1 Å². The topological polar surface area (TPSA) is 214 Å². The van der Waals surface area contributed by atoms with Gasteiger partial charge in [-0.2, -0.15) is 0 Å². The van der Waals surface area contributed by atoms with Crippen LogP contribution in [0.1, 0.15) is 86.6 Å². The molecule has 4 aliphatic heterocycles. The van der Waals surface area contributed by atoms with Crippen molar-refractivity contribution in [1.82, 2.24) is 9.88 Å². The van der Waals surface area contributed by atoms with Gasteiger partial charge in [-0.05, 0) is 84.7 Å². The summed E-state index contributed by atoms with van der Waals surface area (Å²) in [6.07, 6.45) is -0.862. The molecule has 16 nitrogen and oxygen atoms in total. The summed E-state index contributed by atoms with van der Waals surface area (Å²) in [6.45, 7) is 13.4. The van der Waals surface area contributed by atoms with Crippen molar-refractivity contribution >= 4 is 41.0 Å². The first kappa shape index (κ1) is 45.4. The Morgan fingerprint density at radius 3 is 2.45 bits per heavy atom. The van der Waals surface area contributed by atoms with Crippen LogP contribution in [0.3, 0.4) is 0 Å². The Hall–Kier alpha value is -3.64. The van der Waals surface area contributed by atoms with E-state index in [9.17, 15) is 24.6 Å². The SMILES string of the molecule is CC[C@H]1OC(=O)[C@H](C)C(=O)[C@H](C)[C@@H](O[C@@H]2O[C@H](C)C[C@H](N(C)C)[C@H]2O)[C@@]2(C)C[C@@H](C)C3=NC(=O)C(C/C=C/c4ccc(N)nc4)O/N=C(/CO[C@H]([C@H]3C)[C@]1(C)O)CO2. The van der Waals surface area contributed by atoms with E-state index in [1.54, 1.807) is 51.3 Å². The van der Waals surface area contributed by atoms with E-state index < -0.39 is 89.3 Å². The molecule has 1 aromatic heterocycles. The Labute approximate surface area is 341 Å². The van der Waals surface area contributed by atoms with E-state index in [1.165, 1.54) is 13.8 Å². The fraction of sp³-hybridized carbons (Fsp3) is 0.714. The molecule has 1 amide bonds. The molecule has 14 atom stereocenters. The van der Waals surface area contributed by atoms with Crippen LogP contribution in [0.25, 0.3) is 6.08 Å². The molecule has 3 saturated heterocycles. The number of aliphatic hydroxyl groups excluding tert-OH is 1. The maximum absolute atomic E-state index is 14.4. The lowest BCUT2D eigenvalue weighted by molar-refractivity contribution is -0.296. The average Bonchev–Trinajstić information content (AvgIpc) is 3.20. The van der Waals surface area contributed by atoms with Gasteiger partial charge in [-0.1, -0.05) is 45.0 Å². The number of cyclic esters (lactones) is 1. The molecule has 16 heteroatoms. The standard InChI is InChI=1S/C42H63N5O11/c1-11-31-42(8,52)37-24(4)33-22(2)18-41(7,36(25(5)34(48)26(6)39(51)56-31)57-40-35(49)29(47(9)10)17-23(3)55-40)54-21-28(20-53-37)46-58-30(38(50)45-33)14-12-13-27-15-16-32(43)44-19-27/h12-13,15-16,19,22-26,29-31,35-37,40,49,52H,11,14,17-18,20-21H2,1-10H3,(H2,43,44)/b13-12+,45-33?,46-28-/t22-,23-,24+,25+,26-,29+,30?,31-,35-,36-,37-,40+,41-,42-/m1/s1. The molecule has 0 aliphatic carbocycles. The van der Waals surface area contributed by atoms with Crippen LogP contribution in [-0.2, 0) is 42.9 Å². The maximum Gasteiger partial charge on any atom is 0.316 e. The zero-order valence-electron chi connectivity index (χ0n) is 35.5. The lowest BCUT2D eigenvalue weighted by atomic mass is 9.73. The number of likely N-dealkylation sites (N-methyl/N-ethyl adjacent to an activating group) is 1. The fourth-order valence-electron chi connectivity index (χ4n) is 8.79. The number of Topliss-reactive ketones (excluding diaryl/α,β-unsaturated/α-hetero) is 1. The Bertz CT molecular complexity index is 1720. The third kappa shape index (κ3) is 10.0. The van der Waals surface area contributed by atoms with E-state index in [0.717, 1.165) is 5.56 Å². The summed E-state index contributed by atoms with van der Waals surface area (Å²) in [5, 5.41) is 28.4. The molecule has 58 heavy (non-hydrogen) atoms. The summed E-state index contributed by atoms with van der Waals surface area (Å²) in [7, 11) is 3.73. The van der Waals surface area contributed by atoms with Gasteiger partial charge in [0.1, 0.15) is 35.3 Å². The predicted molar refractivity (Wildman–Crippen MR) is 216 cm³/mol. The molecule has 4 aliphatic rings. The lowest BCUT2D eigenvalue weighted by Gasteiger charge is -2.47. The molecule has 0 saturated carbocycles. The van der Waals surface area contributed by atoms with Crippen molar-refractivity contribution in [1.29, 1.82) is 0 Å². The second kappa shape index (κ2) is 18.7. The number of nitrogen functional groups attached to an aromatic ring is 1. The van der Waals surface area contributed by atoms with Gasteiger partial charge in [-0.25, -0.2) is 9.98 Å². The van der Waals surface area contributed by atoms with Crippen LogP contribution in [0.4, 0.5) is 5.82 Å². The largest absolute Gasteiger partial charge is 0.459 e. The van der Waals surface area contributed by atoms with Crippen LogP contribution in [-0.4, -0.2) is 137 Å². The van der Waals surface area contributed by atoms with Crippen molar-refractivity contribution in [2.75, 3.05) is 33.0 Å². The van der Waals surface area contributed by atoms with E-state index in [4.69, 9.17) is 39.2 Å². The second-order valence-electron chi connectivity index (χ2n) is 17.1. The third-order valence-corrected chi connectivity index (χ3v) is 12.1. The van der Waals surface area contributed by atoms with Gasteiger partial charge in [0, 0.05) is 36.2 Å². The number of hydrogen-bond acceptors (Lipinski definition) is 15.